The Kier molecular flexibility index (Phi) is 3.28. The number of hydrogen-bond donors (Lipinski definition) is 0. The van der Waals surface area contributed by atoms with Gasteiger partial charge in [-0.2, -0.15) is 0 Å². The van der Waals surface area contributed by atoms with E-state index in [-0.39, 0.29) is 12.0 Å². The van der Waals surface area contributed by atoms with Crippen LogP contribution < -0.4 is 4.31 Å². The fourth-order valence-electron chi connectivity index (χ4n) is 5.28. The van der Waals surface area contributed by atoms with Crippen molar-refractivity contribution in [2.24, 2.45) is 0 Å². The second-order valence-electron chi connectivity index (χ2n) is 7.36. The van der Waals surface area contributed by atoms with Crippen LogP contribution in [-0.2, 0) is 10.0 Å². The molecule has 5 heteroatoms. The molecule has 3 aliphatic rings. The highest BCUT2D eigenvalue weighted by Gasteiger charge is 2.60. The summed E-state index contributed by atoms with van der Waals surface area (Å²) in [7, 11) is -1.70. The van der Waals surface area contributed by atoms with Crippen LogP contribution in [0.3, 0.4) is 0 Å². The Balaban J connectivity index is 1.75. The fourth-order valence-corrected chi connectivity index (χ4v) is 7.43. The monoisotopic (exact) mass is 354 g/mol. The molecule has 4 atom stereocenters. The molecule has 0 amide bonds. The Labute approximate surface area is 149 Å². The molecule has 2 aromatic rings. The predicted octanol–water partition coefficient (Wildman–Crippen LogP) is 3.14. The van der Waals surface area contributed by atoms with Crippen LogP contribution in [0.4, 0.5) is 5.69 Å². The predicted molar refractivity (Wildman–Crippen MR) is 99.2 cm³/mol. The van der Waals surface area contributed by atoms with Crippen molar-refractivity contribution in [1.29, 1.82) is 0 Å². The van der Waals surface area contributed by atoms with Crippen molar-refractivity contribution in [2.45, 2.75) is 36.1 Å². The van der Waals surface area contributed by atoms with E-state index in [1.54, 1.807) is 7.05 Å². The Morgan fingerprint density at radius 1 is 1.00 bits per heavy atom. The third-order valence-electron chi connectivity index (χ3n) is 6.28. The van der Waals surface area contributed by atoms with E-state index in [1.165, 1.54) is 4.31 Å². The smallest absolute Gasteiger partial charge is 0.240 e. The molecule has 0 aliphatic carbocycles. The molecule has 3 aliphatic heterocycles. The number of nitrogens with zero attached hydrogens (tertiary/aromatic N) is 2. The van der Waals surface area contributed by atoms with Gasteiger partial charge in [0.1, 0.15) is 5.25 Å². The number of hydrogen-bond acceptors (Lipinski definition) is 3. The highest BCUT2D eigenvalue weighted by atomic mass is 32.2. The molecule has 0 radical (unpaired) electrons. The van der Waals surface area contributed by atoms with Crippen molar-refractivity contribution in [3.05, 3.63) is 65.7 Å². The standard InChI is InChI=1S/C20H22N2O2S/c1-21-16-11-6-5-10-15(16)19-20(25(21,23)24)18(14-8-3-2-4-9-14)17-12-7-13-22(17)19/h2-6,8-11,17-20H,7,12-13H2,1H3/t17-,18+,19+,20-/m0/s1. The molecule has 5 rings (SSSR count). The van der Waals surface area contributed by atoms with Gasteiger partial charge < -0.3 is 0 Å². The van der Waals surface area contributed by atoms with Gasteiger partial charge in [0.2, 0.25) is 10.0 Å². The number of anilines is 1. The largest absolute Gasteiger partial charge is 0.291 e. The van der Waals surface area contributed by atoms with Crippen LogP contribution in [0, 0.1) is 0 Å². The van der Waals surface area contributed by atoms with Gasteiger partial charge in [0.05, 0.1) is 11.7 Å². The third-order valence-corrected chi connectivity index (χ3v) is 8.48. The van der Waals surface area contributed by atoms with Gasteiger partial charge in [0.25, 0.3) is 0 Å². The van der Waals surface area contributed by atoms with Gasteiger partial charge in [-0.1, -0.05) is 48.5 Å². The molecule has 4 nitrogen and oxygen atoms in total. The second kappa shape index (κ2) is 5.32. The normalized spacial score (nSPS) is 32.9. The lowest BCUT2D eigenvalue weighted by atomic mass is 9.87. The maximum Gasteiger partial charge on any atom is 0.240 e. The van der Waals surface area contributed by atoms with Crippen molar-refractivity contribution in [2.75, 3.05) is 17.9 Å². The van der Waals surface area contributed by atoms with E-state index in [1.807, 2.05) is 36.4 Å². The first-order valence-electron chi connectivity index (χ1n) is 8.98. The van der Waals surface area contributed by atoms with Crippen LogP contribution in [0.1, 0.15) is 35.9 Å². The summed E-state index contributed by atoms with van der Waals surface area (Å²) in [4.78, 5) is 2.46. The van der Waals surface area contributed by atoms with Gasteiger partial charge in [-0.3, -0.25) is 9.21 Å². The summed E-state index contributed by atoms with van der Waals surface area (Å²) in [5, 5.41) is -0.403. The van der Waals surface area contributed by atoms with Gasteiger partial charge in [-0.15, -0.1) is 0 Å². The number of rotatable bonds is 1. The molecular weight excluding hydrogens is 332 g/mol. The maximum absolute atomic E-state index is 13.5. The van der Waals surface area contributed by atoms with E-state index >= 15 is 0 Å². The molecule has 2 fully saturated rings. The molecule has 0 bridgehead atoms. The van der Waals surface area contributed by atoms with E-state index in [9.17, 15) is 8.42 Å². The van der Waals surface area contributed by atoms with Crippen molar-refractivity contribution < 1.29 is 8.42 Å². The highest BCUT2D eigenvalue weighted by Crippen LogP contribution is 2.56. The zero-order valence-electron chi connectivity index (χ0n) is 14.2. The highest BCUT2D eigenvalue weighted by molar-refractivity contribution is 7.93. The molecular formula is C20H22N2O2S. The summed E-state index contributed by atoms with van der Waals surface area (Å²) in [6.07, 6.45) is 2.23. The van der Waals surface area contributed by atoms with E-state index in [0.717, 1.165) is 36.2 Å². The summed E-state index contributed by atoms with van der Waals surface area (Å²) < 4.78 is 28.5. The number of sulfonamides is 1. The minimum Gasteiger partial charge on any atom is -0.291 e. The zero-order valence-corrected chi connectivity index (χ0v) is 15.1. The molecule has 0 spiro atoms. The van der Waals surface area contributed by atoms with E-state index < -0.39 is 15.3 Å². The molecule has 0 aromatic heterocycles. The quantitative estimate of drug-likeness (QED) is 0.790. The molecule has 2 aromatic carbocycles. The Morgan fingerprint density at radius 2 is 1.72 bits per heavy atom. The minimum atomic E-state index is -3.40. The van der Waals surface area contributed by atoms with Crippen molar-refractivity contribution >= 4 is 15.7 Å². The lowest BCUT2D eigenvalue weighted by Crippen LogP contribution is -2.46. The Morgan fingerprint density at radius 3 is 2.52 bits per heavy atom. The first-order chi connectivity index (χ1) is 12.1. The van der Waals surface area contributed by atoms with E-state index in [0.29, 0.717) is 6.04 Å². The molecule has 0 unspecified atom stereocenters. The molecule has 130 valence electrons. The van der Waals surface area contributed by atoms with Crippen LogP contribution in [-0.4, -0.2) is 38.2 Å². The minimum absolute atomic E-state index is 0.0323. The summed E-state index contributed by atoms with van der Waals surface area (Å²) >= 11 is 0. The first-order valence-corrected chi connectivity index (χ1v) is 10.5. The van der Waals surface area contributed by atoms with Crippen molar-refractivity contribution in [3.8, 4) is 0 Å². The molecule has 0 saturated carbocycles. The second-order valence-corrected chi connectivity index (χ2v) is 9.49. The topological polar surface area (TPSA) is 40.6 Å². The third kappa shape index (κ3) is 1.99. The van der Waals surface area contributed by atoms with Crippen molar-refractivity contribution in [3.63, 3.8) is 0 Å². The number of benzene rings is 2. The first kappa shape index (κ1) is 15.4. The summed E-state index contributed by atoms with van der Waals surface area (Å²) in [6.45, 7) is 0.989. The zero-order chi connectivity index (χ0) is 17.2. The summed E-state index contributed by atoms with van der Waals surface area (Å²) in [5.41, 5.74) is 3.15. The van der Waals surface area contributed by atoms with Gasteiger partial charge in [0.15, 0.2) is 0 Å². The molecule has 25 heavy (non-hydrogen) atoms. The maximum atomic E-state index is 13.5. The molecule has 0 N–H and O–H groups in total. The van der Waals surface area contributed by atoms with Crippen LogP contribution in [0.15, 0.2) is 54.6 Å². The lowest BCUT2D eigenvalue weighted by Gasteiger charge is -2.39. The summed E-state index contributed by atoms with van der Waals surface area (Å²) in [5.74, 6) is 0.0366. The van der Waals surface area contributed by atoms with Gasteiger partial charge in [-0.05, 0) is 36.6 Å². The SMILES string of the molecule is CN1c2ccccc2[C@@H]2[C@H]([C@H](c3ccccc3)[C@@H]3CCCN23)S1(=O)=O. The van der Waals surface area contributed by atoms with Crippen LogP contribution in [0.25, 0.3) is 0 Å². The van der Waals surface area contributed by atoms with E-state index in [2.05, 4.69) is 23.1 Å². The van der Waals surface area contributed by atoms with E-state index in [4.69, 9.17) is 0 Å². The van der Waals surface area contributed by atoms with Gasteiger partial charge >= 0.3 is 0 Å². The van der Waals surface area contributed by atoms with Gasteiger partial charge in [-0.25, -0.2) is 8.42 Å². The Bertz CT molecular complexity index is 912. The van der Waals surface area contributed by atoms with Crippen molar-refractivity contribution in [1.82, 2.24) is 4.90 Å². The number of fused-ring (bicyclic) bond motifs is 5. The van der Waals surface area contributed by atoms with Crippen LogP contribution in [0.2, 0.25) is 0 Å². The van der Waals surface area contributed by atoms with Gasteiger partial charge in [0, 0.05) is 19.0 Å². The van der Waals surface area contributed by atoms with Crippen LogP contribution in [0.5, 0.6) is 0 Å². The summed E-state index contributed by atoms with van der Waals surface area (Å²) in [6, 6.07) is 18.5. The average Bonchev–Trinajstić information content (AvgIpc) is 3.21. The Hall–Kier alpha value is -1.85. The number of para-hydroxylation sites is 1. The lowest BCUT2D eigenvalue weighted by molar-refractivity contribution is 0.244. The fraction of sp³-hybridized carbons (Fsp3) is 0.400. The average molecular weight is 354 g/mol. The molecule has 3 heterocycles. The van der Waals surface area contributed by atoms with Crippen LogP contribution >= 0.6 is 0 Å². The molecule has 2 saturated heterocycles.